The summed E-state index contributed by atoms with van der Waals surface area (Å²) >= 11 is 1.76. The monoisotopic (exact) mass is 366 g/mol. The van der Waals surface area contributed by atoms with E-state index in [0.717, 1.165) is 23.8 Å². The molecule has 2 aliphatic heterocycles. The molecule has 0 aliphatic carbocycles. The maximum absolute atomic E-state index is 13.5. The minimum Gasteiger partial charge on any atom is -0.322 e. The fourth-order valence-electron chi connectivity index (χ4n) is 3.74. The molecule has 0 spiro atoms. The van der Waals surface area contributed by atoms with Gasteiger partial charge < -0.3 is 4.90 Å². The number of fused-ring (bicyclic) bond motifs is 1. The van der Waals surface area contributed by atoms with E-state index in [1.54, 1.807) is 23.9 Å². The molecule has 1 unspecified atom stereocenters. The zero-order valence-corrected chi connectivity index (χ0v) is 16.2. The highest BCUT2D eigenvalue weighted by Crippen LogP contribution is 2.47. The van der Waals surface area contributed by atoms with Crippen molar-refractivity contribution in [2.45, 2.75) is 26.7 Å². The molecule has 0 fully saturated rings. The highest BCUT2D eigenvalue weighted by Gasteiger charge is 2.39. The van der Waals surface area contributed by atoms with Crippen molar-refractivity contribution < 1.29 is 4.39 Å². The Morgan fingerprint density at radius 3 is 2.38 bits per heavy atom. The Morgan fingerprint density at radius 2 is 1.69 bits per heavy atom. The molecule has 2 heterocycles. The van der Waals surface area contributed by atoms with Gasteiger partial charge in [0.25, 0.3) is 0 Å². The number of hydrogen-bond donors (Lipinski definition) is 0. The Balaban J connectivity index is 1.84. The van der Waals surface area contributed by atoms with Crippen molar-refractivity contribution in [2.24, 2.45) is 10.4 Å². The molecule has 26 heavy (non-hydrogen) atoms. The van der Waals surface area contributed by atoms with Crippen molar-refractivity contribution in [3.8, 4) is 0 Å². The first-order valence-corrected chi connectivity index (χ1v) is 9.77. The molecule has 2 aromatic carbocycles. The van der Waals surface area contributed by atoms with Crippen molar-refractivity contribution in [1.82, 2.24) is 4.90 Å². The lowest BCUT2D eigenvalue weighted by atomic mass is 9.85. The van der Waals surface area contributed by atoms with Crippen LogP contribution in [-0.4, -0.2) is 23.2 Å². The zero-order valence-electron chi connectivity index (χ0n) is 15.4. The standard InChI is InChI=1S/C22H23FN2S/c1-15-20(25-14-22(2,3)13-24-21(25)26-15)19(16-7-5-4-6-8-16)17-9-11-18(23)12-10-17/h4-12,19H,13-14H2,1-3H3. The van der Waals surface area contributed by atoms with Crippen LogP contribution in [0.5, 0.6) is 0 Å². The molecule has 2 aromatic rings. The summed E-state index contributed by atoms with van der Waals surface area (Å²) in [7, 11) is 0. The van der Waals surface area contributed by atoms with E-state index in [1.165, 1.54) is 16.2 Å². The molecule has 0 saturated heterocycles. The van der Waals surface area contributed by atoms with Crippen LogP contribution in [0.1, 0.15) is 37.8 Å². The van der Waals surface area contributed by atoms with Crippen molar-refractivity contribution in [3.05, 3.63) is 82.1 Å². The SMILES string of the molecule is CC1=C(C(c2ccccc2)c2ccc(F)cc2)N2CC(C)(C)CN=C2S1. The quantitative estimate of drug-likeness (QED) is 0.699. The van der Waals surface area contributed by atoms with Crippen LogP contribution in [-0.2, 0) is 0 Å². The molecular weight excluding hydrogens is 343 g/mol. The van der Waals surface area contributed by atoms with E-state index in [1.807, 2.05) is 18.2 Å². The summed E-state index contributed by atoms with van der Waals surface area (Å²) < 4.78 is 13.5. The molecule has 4 heteroatoms. The first-order valence-electron chi connectivity index (χ1n) is 8.96. The average Bonchev–Trinajstić information content (AvgIpc) is 2.92. The molecule has 2 nitrogen and oxygen atoms in total. The van der Waals surface area contributed by atoms with Gasteiger partial charge in [-0.25, -0.2) is 4.39 Å². The van der Waals surface area contributed by atoms with Gasteiger partial charge in [0.2, 0.25) is 0 Å². The molecule has 0 aromatic heterocycles. The molecule has 134 valence electrons. The second-order valence-electron chi connectivity index (χ2n) is 7.79. The van der Waals surface area contributed by atoms with E-state index in [4.69, 9.17) is 4.99 Å². The summed E-state index contributed by atoms with van der Waals surface area (Å²) in [5.41, 5.74) is 3.75. The number of aliphatic imine (C=N–C) groups is 1. The molecule has 2 aliphatic rings. The normalized spacial score (nSPS) is 20.0. The molecule has 0 saturated carbocycles. The van der Waals surface area contributed by atoms with E-state index in [-0.39, 0.29) is 17.2 Å². The van der Waals surface area contributed by atoms with Gasteiger partial charge in [-0.2, -0.15) is 0 Å². The van der Waals surface area contributed by atoms with Crippen LogP contribution in [0.4, 0.5) is 4.39 Å². The van der Waals surface area contributed by atoms with E-state index >= 15 is 0 Å². The van der Waals surface area contributed by atoms with Crippen LogP contribution in [0.2, 0.25) is 0 Å². The van der Waals surface area contributed by atoms with Gasteiger partial charge in [0.1, 0.15) is 5.82 Å². The van der Waals surface area contributed by atoms with E-state index in [0.29, 0.717) is 0 Å². The van der Waals surface area contributed by atoms with Crippen LogP contribution in [0.15, 0.2) is 70.2 Å². The Morgan fingerprint density at radius 1 is 1.04 bits per heavy atom. The van der Waals surface area contributed by atoms with E-state index in [2.05, 4.69) is 49.9 Å². The van der Waals surface area contributed by atoms with Gasteiger partial charge in [0.15, 0.2) is 5.17 Å². The number of amidine groups is 1. The van der Waals surface area contributed by atoms with Gasteiger partial charge in [-0.05, 0) is 30.2 Å². The van der Waals surface area contributed by atoms with Crippen molar-refractivity contribution in [3.63, 3.8) is 0 Å². The van der Waals surface area contributed by atoms with Crippen molar-refractivity contribution in [2.75, 3.05) is 13.1 Å². The molecule has 0 N–H and O–H groups in total. The summed E-state index contributed by atoms with van der Waals surface area (Å²) in [6, 6.07) is 17.4. The number of benzene rings is 2. The number of thioether (sulfide) groups is 1. The predicted molar refractivity (Wildman–Crippen MR) is 108 cm³/mol. The maximum Gasteiger partial charge on any atom is 0.168 e. The smallest absolute Gasteiger partial charge is 0.168 e. The molecule has 4 rings (SSSR count). The van der Waals surface area contributed by atoms with Gasteiger partial charge in [-0.15, -0.1) is 0 Å². The molecular formula is C22H23FN2S. The minimum absolute atomic E-state index is 0.0749. The minimum atomic E-state index is -0.201. The lowest BCUT2D eigenvalue weighted by Crippen LogP contribution is -2.42. The Hall–Kier alpha value is -2.07. The fourth-order valence-corrected chi connectivity index (χ4v) is 4.74. The number of rotatable bonds is 3. The number of halogens is 1. The molecule has 0 bridgehead atoms. The van der Waals surface area contributed by atoms with Gasteiger partial charge in [0.05, 0.1) is 5.92 Å². The van der Waals surface area contributed by atoms with Gasteiger partial charge in [0, 0.05) is 29.1 Å². The number of allylic oxidation sites excluding steroid dienone is 2. The van der Waals surface area contributed by atoms with Crippen LogP contribution in [0.25, 0.3) is 0 Å². The fraction of sp³-hybridized carbons (Fsp3) is 0.318. The Bertz CT molecular complexity index is 869. The highest BCUT2D eigenvalue weighted by atomic mass is 32.2. The van der Waals surface area contributed by atoms with Gasteiger partial charge >= 0.3 is 0 Å². The number of hydrogen-bond acceptors (Lipinski definition) is 3. The van der Waals surface area contributed by atoms with Gasteiger partial charge in [-0.1, -0.05) is 68.1 Å². The zero-order chi connectivity index (χ0) is 18.3. The lowest BCUT2D eigenvalue weighted by molar-refractivity contribution is 0.271. The van der Waals surface area contributed by atoms with Crippen molar-refractivity contribution >= 4 is 16.9 Å². The van der Waals surface area contributed by atoms with E-state index in [9.17, 15) is 4.39 Å². The second kappa shape index (κ2) is 6.58. The summed E-state index contributed by atoms with van der Waals surface area (Å²) in [5, 5.41) is 1.10. The lowest BCUT2D eigenvalue weighted by Gasteiger charge is -2.38. The summed E-state index contributed by atoms with van der Waals surface area (Å²) in [6.45, 7) is 8.51. The third kappa shape index (κ3) is 3.18. The summed E-state index contributed by atoms with van der Waals surface area (Å²) in [4.78, 5) is 8.49. The predicted octanol–water partition coefficient (Wildman–Crippen LogP) is 5.63. The summed E-state index contributed by atoms with van der Waals surface area (Å²) in [5.74, 6) is -0.126. The third-order valence-electron chi connectivity index (χ3n) is 4.96. The molecule has 0 radical (unpaired) electrons. The summed E-state index contributed by atoms with van der Waals surface area (Å²) in [6.07, 6.45) is 0. The number of nitrogens with zero attached hydrogens (tertiary/aromatic N) is 2. The molecule has 1 atom stereocenters. The second-order valence-corrected chi connectivity index (χ2v) is 8.97. The van der Waals surface area contributed by atoms with Gasteiger partial charge in [-0.3, -0.25) is 4.99 Å². The third-order valence-corrected chi connectivity index (χ3v) is 6.01. The highest BCUT2D eigenvalue weighted by molar-refractivity contribution is 8.17. The van der Waals surface area contributed by atoms with Crippen LogP contribution < -0.4 is 0 Å². The van der Waals surface area contributed by atoms with Crippen LogP contribution >= 0.6 is 11.8 Å². The first-order chi connectivity index (χ1) is 12.4. The topological polar surface area (TPSA) is 15.6 Å². The van der Waals surface area contributed by atoms with Crippen LogP contribution in [0.3, 0.4) is 0 Å². The largest absolute Gasteiger partial charge is 0.322 e. The average molecular weight is 367 g/mol. The first kappa shape index (κ1) is 17.3. The maximum atomic E-state index is 13.5. The van der Waals surface area contributed by atoms with Crippen molar-refractivity contribution in [1.29, 1.82) is 0 Å². The Labute approximate surface area is 158 Å². The van der Waals surface area contributed by atoms with Crippen LogP contribution in [0, 0.1) is 11.2 Å². The Kier molecular flexibility index (Phi) is 4.39. The van der Waals surface area contributed by atoms with E-state index < -0.39 is 0 Å². The molecule has 0 amide bonds.